The lowest BCUT2D eigenvalue weighted by atomic mass is 10.1. The fraction of sp³-hybridized carbons (Fsp3) is 0.150. The van der Waals surface area contributed by atoms with Gasteiger partial charge in [0, 0.05) is 23.3 Å². The van der Waals surface area contributed by atoms with Crippen LogP contribution in [0.5, 0.6) is 0 Å². The Kier molecular flexibility index (Phi) is 4.04. The molecule has 1 aromatic carbocycles. The first-order valence-corrected chi connectivity index (χ1v) is 9.05. The van der Waals surface area contributed by atoms with E-state index in [4.69, 9.17) is 4.98 Å². The largest absolute Gasteiger partial charge is 0.286 e. The number of rotatable bonds is 4. The summed E-state index contributed by atoms with van der Waals surface area (Å²) in [5.74, 6) is 0. The van der Waals surface area contributed by atoms with Crippen molar-refractivity contribution in [3.8, 4) is 28.6 Å². The Bertz CT molecular complexity index is 1050. The Balaban J connectivity index is 1.92. The molecule has 0 saturated heterocycles. The third-order valence-corrected chi connectivity index (χ3v) is 5.12. The molecule has 4 aromatic rings. The molecule has 0 atom stereocenters. The average Bonchev–Trinajstić information content (AvgIpc) is 3.23. The molecule has 0 radical (unpaired) electrons. The average molecular weight is 344 g/mol. The van der Waals surface area contributed by atoms with E-state index in [9.17, 15) is 5.26 Å². The molecule has 0 bridgehead atoms. The monoisotopic (exact) mass is 344 g/mol. The molecule has 0 spiro atoms. The van der Waals surface area contributed by atoms with Crippen LogP contribution in [-0.4, -0.2) is 14.4 Å². The van der Waals surface area contributed by atoms with Gasteiger partial charge in [0.15, 0.2) is 4.96 Å². The van der Waals surface area contributed by atoms with Crippen molar-refractivity contribution in [3.63, 3.8) is 0 Å². The van der Waals surface area contributed by atoms with Gasteiger partial charge in [-0.1, -0.05) is 31.2 Å². The van der Waals surface area contributed by atoms with Crippen molar-refractivity contribution >= 4 is 16.3 Å². The minimum absolute atomic E-state index is 0.308. The number of imidazole rings is 1. The summed E-state index contributed by atoms with van der Waals surface area (Å²) >= 11 is 1.60. The minimum Gasteiger partial charge on any atom is -0.286 e. The van der Waals surface area contributed by atoms with Crippen LogP contribution in [0.15, 0.2) is 54.2 Å². The van der Waals surface area contributed by atoms with Crippen LogP contribution in [0.4, 0.5) is 0 Å². The second-order valence-electron chi connectivity index (χ2n) is 5.77. The van der Waals surface area contributed by atoms with Gasteiger partial charge in [-0.05, 0) is 29.7 Å². The van der Waals surface area contributed by atoms with Crippen molar-refractivity contribution in [2.45, 2.75) is 19.8 Å². The minimum atomic E-state index is 0.308. The lowest BCUT2D eigenvalue weighted by Gasteiger charge is -2.05. The van der Waals surface area contributed by atoms with E-state index in [0.29, 0.717) is 6.42 Å². The number of pyridine rings is 1. The highest BCUT2D eigenvalue weighted by Gasteiger charge is 2.18. The van der Waals surface area contributed by atoms with Crippen LogP contribution in [-0.2, 0) is 12.8 Å². The summed E-state index contributed by atoms with van der Waals surface area (Å²) in [6.45, 7) is 2.15. The van der Waals surface area contributed by atoms with Crippen LogP contribution in [0, 0.1) is 11.3 Å². The predicted molar refractivity (Wildman–Crippen MR) is 100 cm³/mol. The third kappa shape index (κ3) is 2.71. The maximum atomic E-state index is 9.33. The normalized spacial score (nSPS) is 10.9. The van der Waals surface area contributed by atoms with E-state index in [1.165, 1.54) is 5.56 Å². The zero-order chi connectivity index (χ0) is 17.2. The van der Waals surface area contributed by atoms with Crippen LogP contribution >= 0.6 is 11.3 Å². The van der Waals surface area contributed by atoms with E-state index in [2.05, 4.69) is 52.0 Å². The Morgan fingerprint density at radius 3 is 2.68 bits per heavy atom. The molecule has 0 aliphatic heterocycles. The maximum absolute atomic E-state index is 9.33. The van der Waals surface area contributed by atoms with Gasteiger partial charge in [-0.3, -0.25) is 9.38 Å². The molecule has 0 amide bonds. The Hall–Kier alpha value is -2.97. The van der Waals surface area contributed by atoms with Crippen molar-refractivity contribution < 1.29 is 0 Å². The van der Waals surface area contributed by atoms with Gasteiger partial charge in [-0.15, -0.1) is 11.3 Å². The van der Waals surface area contributed by atoms with Gasteiger partial charge >= 0.3 is 0 Å². The number of aryl methyl sites for hydroxylation is 1. The number of nitriles is 1. The van der Waals surface area contributed by atoms with Gasteiger partial charge in [-0.25, -0.2) is 4.98 Å². The molecular formula is C20H16N4S. The van der Waals surface area contributed by atoms with Crippen LogP contribution in [0.1, 0.15) is 18.2 Å². The third-order valence-electron chi connectivity index (χ3n) is 4.30. The van der Waals surface area contributed by atoms with Gasteiger partial charge in [-0.2, -0.15) is 5.26 Å². The second-order valence-corrected chi connectivity index (χ2v) is 6.61. The zero-order valence-electron chi connectivity index (χ0n) is 13.8. The summed E-state index contributed by atoms with van der Waals surface area (Å²) in [5, 5.41) is 11.4. The molecule has 4 nitrogen and oxygen atoms in total. The number of benzene rings is 1. The summed E-state index contributed by atoms with van der Waals surface area (Å²) in [5.41, 5.74) is 6.23. The first-order valence-electron chi connectivity index (χ1n) is 8.17. The summed E-state index contributed by atoms with van der Waals surface area (Å²) in [4.78, 5) is 9.86. The van der Waals surface area contributed by atoms with E-state index in [0.717, 1.165) is 39.6 Å². The first-order chi connectivity index (χ1) is 12.3. The summed E-state index contributed by atoms with van der Waals surface area (Å²) in [6.07, 6.45) is 4.87. The van der Waals surface area contributed by atoms with Crippen molar-refractivity contribution in [2.24, 2.45) is 0 Å². The highest BCUT2D eigenvalue weighted by molar-refractivity contribution is 7.15. The van der Waals surface area contributed by atoms with Crippen LogP contribution < -0.4 is 0 Å². The quantitative estimate of drug-likeness (QED) is 0.537. The van der Waals surface area contributed by atoms with Gasteiger partial charge in [0.25, 0.3) is 0 Å². The molecule has 0 saturated carbocycles. The second kappa shape index (κ2) is 6.50. The number of fused-ring (bicyclic) bond motifs is 1. The predicted octanol–water partition coefficient (Wildman–Crippen LogP) is 4.75. The van der Waals surface area contributed by atoms with Crippen LogP contribution in [0.2, 0.25) is 0 Å². The smallest absolute Gasteiger partial charge is 0.194 e. The molecule has 25 heavy (non-hydrogen) atoms. The van der Waals surface area contributed by atoms with Crippen LogP contribution in [0.3, 0.4) is 0 Å². The van der Waals surface area contributed by atoms with E-state index < -0.39 is 0 Å². The SMILES string of the molecule is CCc1ccc(-c2csc3nc(-c4cccnc4)c(CC#N)n23)cc1. The van der Waals surface area contributed by atoms with Gasteiger partial charge in [0.2, 0.25) is 0 Å². The molecule has 3 aromatic heterocycles. The maximum Gasteiger partial charge on any atom is 0.194 e. The molecule has 3 heterocycles. The van der Waals surface area contributed by atoms with Crippen molar-refractivity contribution in [3.05, 3.63) is 65.4 Å². The number of hydrogen-bond donors (Lipinski definition) is 0. The number of hydrogen-bond acceptors (Lipinski definition) is 4. The molecule has 5 heteroatoms. The molecule has 0 fully saturated rings. The van der Waals surface area contributed by atoms with Crippen molar-refractivity contribution in [2.75, 3.05) is 0 Å². The molecule has 4 rings (SSSR count). The summed E-state index contributed by atoms with van der Waals surface area (Å²) in [7, 11) is 0. The Morgan fingerprint density at radius 1 is 1.16 bits per heavy atom. The Labute approximate surface area is 150 Å². The lowest BCUT2D eigenvalue weighted by molar-refractivity contribution is 1.08. The first kappa shape index (κ1) is 15.6. The molecule has 0 unspecified atom stereocenters. The molecule has 122 valence electrons. The Morgan fingerprint density at radius 2 is 2.00 bits per heavy atom. The fourth-order valence-corrected chi connectivity index (χ4v) is 3.92. The zero-order valence-corrected chi connectivity index (χ0v) is 14.6. The molecule has 0 aliphatic carbocycles. The van der Waals surface area contributed by atoms with E-state index >= 15 is 0 Å². The lowest BCUT2D eigenvalue weighted by Crippen LogP contribution is -1.95. The number of thiazole rings is 1. The highest BCUT2D eigenvalue weighted by Crippen LogP contribution is 2.33. The van der Waals surface area contributed by atoms with E-state index in [-0.39, 0.29) is 0 Å². The molecule has 0 aliphatic rings. The topological polar surface area (TPSA) is 54.0 Å². The summed E-state index contributed by atoms with van der Waals surface area (Å²) < 4.78 is 2.11. The standard InChI is InChI=1S/C20H16N4S/c1-2-14-5-7-15(8-6-14)18-13-25-20-23-19(16-4-3-11-22-12-16)17(9-10-21)24(18)20/h3-8,11-13H,2,9H2,1H3. The number of aromatic nitrogens is 3. The number of nitrogens with zero attached hydrogens (tertiary/aromatic N) is 4. The van der Waals surface area contributed by atoms with Crippen molar-refractivity contribution in [1.82, 2.24) is 14.4 Å². The van der Waals surface area contributed by atoms with E-state index in [1.807, 2.05) is 12.1 Å². The van der Waals surface area contributed by atoms with E-state index in [1.54, 1.807) is 23.7 Å². The highest BCUT2D eigenvalue weighted by atomic mass is 32.1. The van der Waals surface area contributed by atoms with Gasteiger partial charge < -0.3 is 0 Å². The van der Waals surface area contributed by atoms with Gasteiger partial charge in [0.1, 0.15) is 0 Å². The van der Waals surface area contributed by atoms with Crippen molar-refractivity contribution in [1.29, 1.82) is 5.26 Å². The molecular weight excluding hydrogens is 328 g/mol. The van der Waals surface area contributed by atoms with Gasteiger partial charge in [0.05, 0.1) is 29.6 Å². The van der Waals surface area contributed by atoms with Crippen LogP contribution in [0.25, 0.3) is 27.5 Å². The summed E-state index contributed by atoms with van der Waals surface area (Å²) in [6, 6.07) is 14.7. The fourth-order valence-electron chi connectivity index (χ4n) is 3.00. The molecule has 0 N–H and O–H groups in total.